The van der Waals surface area contributed by atoms with Crippen LogP contribution in [0.3, 0.4) is 0 Å². The number of sulfonamides is 1. The van der Waals surface area contributed by atoms with Crippen LogP contribution in [0.2, 0.25) is 0 Å². The molecule has 1 unspecified atom stereocenters. The van der Waals surface area contributed by atoms with Crippen molar-refractivity contribution in [1.29, 1.82) is 0 Å². The zero-order valence-electron chi connectivity index (χ0n) is 15.8. The van der Waals surface area contributed by atoms with Gasteiger partial charge in [0.1, 0.15) is 12.4 Å². The molecule has 1 aliphatic carbocycles. The zero-order chi connectivity index (χ0) is 19.7. The van der Waals surface area contributed by atoms with Crippen LogP contribution in [0.25, 0.3) is 0 Å². The fourth-order valence-corrected chi connectivity index (χ4v) is 5.24. The van der Waals surface area contributed by atoms with E-state index in [1.54, 1.807) is 29.1 Å². The number of aromatic nitrogens is 2. The second kappa shape index (κ2) is 7.65. The fraction of sp³-hybridized carbons (Fsp3) is 0.474. The van der Waals surface area contributed by atoms with E-state index in [0.717, 1.165) is 29.8 Å². The molecule has 2 aromatic rings. The third kappa shape index (κ3) is 3.69. The van der Waals surface area contributed by atoms with Crippen molar-refractivity contribution in [3.8, 4) is 0 Å². The number of fused-ring (bicyclic) bond motifs is 1. The van der Waals surface area contributed by atoms with Gasteiger partial charge in [-0.2, -0.15) is 4.31 Å². The van der Waals surface area contributed by atoms with Crippen molar-refractivity contribution >= 4 is 15.9 Å². The lowest BCUT2D eigenvalue weighted by molar-refractivity contribution is -0.122. The first-order valence-electron chi connectivity index (χ1n) is 9.43. The van der Waals surface area contributed by atoms with Gasteiger partial charge < -0.3 is 14.6 Å². The van der Waals surface area contributed by atoms with Crippen molar-refractivity contribution in [2.45, 2.75) is 37.2 Å². The van der Waals surface area contributed by atoms with Crippen LogP contribution < -0.4 is 5.32 Å². The molecule has 1 aromatic carbocycles. The lowest BCUT2D eigenvalue weighted by Crippen LogP contribution is -2.40. The molecule has 1 N–H and O–H groups in total. The third-order valence-corrected chi connectivity index (χ3v) is 7.27. The van der Waals surface area contributed by atoms with Crippen LogP contribution >= 0.6 is 0 Å². The number of benzene rings is 1. The van der Waals surface area contributed by atoms with E-state index in [2.05, 4.69) is 10.3 Å². The highest BCUT2D eigenvalue weighted by atomic mass is 32.2. The number of rotatable bonds is 5. The van der Waals surface area contributed by atoms with Crippen LogP contribution in [0.1, 0.15) is 29.4 Å². The van der Waals surface area contributed by atoms with E-state index in [1.807, 2.05) is 13.0 Å². The minimum atomic E-state index is -3.55. The number of hydrogen-bond donors (Lipinski definition) is 1. The third-order valence-electron chi connectivity index (χ3n) is 5.38. The molecule has 1 amide bonds. The number of nitrogens with zero attached hydrogens (tertiary/aromatic N) is 3. The maximum Gasteiger partial charge on any atom is 0.243 e. The first-order valence-corrected chi connectivity index (χ1v) is 10.9. The summed E-state index contributed by atoms with van der Waals surface area (Å²) in [5.41, 5.74) is 1.98. The Kier molecular flexibility index (Phi) is 5.22. The first-order chi connectivity index (χ1) is 13.4. The molecule has 1 aromatic heterocycles. The Morgan fingerprint density at radius 2 is 2.11 bits per heavy atom. The van der Waals surface area contributed by atoms with Gasteiger partial charge in [-0.3, -0.25) is 4.79 Å². The molecule has 9 heteroatoms. The Morgan fingerprint density at radius 3 is 2.82 bits per heavy atom. The molecule has 1 atom stereocenters. The Morgan fingerprint density at radius 1 is 1.32 bits per heavy atom. The topological polar surface area (TPSA) is 93.5 Å². The largest absolute Gasteiger partial charge is 0.379 e. The predicted molar refractivity (Wildman–Crippen MR) is 102 cm³/mol. The summed E-state index contributed by atoms with van der Waals surface area (Å²) in [6, 6.07) is 5.09. The predicted octanol–water partition coefficient (Wildman–Crippen LogP) is 1.02. The second-order valence-corrected chi connectivity index (χ2v) is 9.08. The molecule has 2 aliphatic rings. The first kappa shape index (κ1) is 19.1. The summed E-state index contributed by atoms with van der Waals surface area (Å²) in [4.78, 5) is 16.9. The number of ether oxygens (including phenoxy) is 1. The average molecular weight is 404 g/mol. The van der Waals surface area contributed by atoms with E-state index < -0.39 is 10.0 Å². The standard InChI is InChI=1S/C19H24N4O4S/c1-14-20-6-7-22(14)13-19(24)21-18-5-3-15-2-4-16(12-17(15)18)28(25,26)23-8-10-27-11-9-23/h2,4,6-7,12,18H,3,5,8-11,13H2,1H3,(H,21,24). The van der Waals surface area contributed by atoms with Crippen LogP contribution in [0.4, 0.5) is 0 Å². The van der Waals surface area contributed by atoms with Crippen LogP contribution in [0.15, 0.2) is 35.5 Å². The van der Waals surface area contributed by atoms with E-state index in [1.165, 1.54) is 4.31 Å². The number of morpholine rings is 1. The summed E-state index contributed by atoms with van der Waals surface area (Å²) in [6.07, 6.45) is 5.02. The Balaban J connectivity index is 1.52. The molecule has 4 rings (SSSR count). The van der Waals surface area contributed by atoms with Crippen molar-refractivity contribution in [3.05, 3.63) is 47.5 Å². The van der Waals surface area contributed by atoms with Crippen LogP contribution in [0.5, 0.6) is 0 Å². The van der Waals surface area contributed by atoms with Gasteiger partial charge in [-0.15, -0.1) is 0 Å². The number of amides is 1. The van der Waals surface area contributed by atoms with Crippen molar-refractivity contribution in [2.75, 3.05) is 26.3 Å². The summed E-state index contributed by atoms with van der Waals surface area (Å²) in [5.74, 6) is 0.668. The van der Waals surface area contributed by atoms with E-state index in [0.29, 0.717) is 26.3 Å². The highest BCUT2D eigenvalue weighted by molar-refractivity contribution is 7.89. The summed E-state index contributed by atoms with van der Waals surface area (Å²) >= 11 is 0. The van der Waals surface area contributed by atoms with Gasteiger partial charge in [0.05, 0.1) is 24.2 Å². The van der Waals surface area contributed by atoms with E-state index >= 15 is 0 Å². The van der Waals surface area contributed by atoms with E-state index in [4.69, 9.17) is 4.74 Å². The second-order valence-electron chi connectivity index (χ2n) is 7.14. The molecule has 1 fully saturated rings. The molecular formula is C19H24N4O4S. The molecule has 0 saturated carbocycles. The van der Waals surface area contributed by atoms with Gasteiger partial charge in [0, 0.05) is 25.5 Å². The van der Waals surface area contributed by atoms with Crippen LogP contribution in [-0.2, 0) is 32.5 Å². The minimum Gasteiger partial charge on any atom is -0.379 e. The number of carbonyl (C=O) groups excluding carboxylic acids is 1. The van der Waals surface area contributed by atoms with Gasteiger partial charge in [0.25, 0.3) is 0 Å². The Bertz CT molecular complexity index is 980. The zero-order valence-corrected chi connectivity index (χ0v) is 16.6. The highest BCUT2D eigenvalue weighted by Gasteiger charge is 2.30. The minimum absolute atomic E-state index is 0.111. The lowest BCUT2D eigenvalue weighted by atomic mass is 10.1. The maximum absolute atomic E-state index is 12.9. The summed E-state index contributed by atoms with van der Waals surface area (Å²) in [7, 11) is -3.55. The Hall–Kier alpha value is -2.23. The van der Waals surface area contributed by atoms with Gasteiger partial charge in [0.2, 0.25) is 15.9 Å². The summed E-state index contributed by atoms with van der Waals surface area (Å²) < 4.78 is 34.4. The van der Waals surface area contributed by atoms with Crippen molar-refractivity contribution in [1.82, 2.24) is 19.2 Å². The van der Waals surface area contributed by atoms with Crippen molar-refractivity contribution < 1.29 is 17.9 Å². The molecule has 0 radical (unpaired) electrons. The molecular weight excluding hydrogens is 380 g/mol. The molecule has 1 saturated heterocycles. The maximum atomic E-state index is 12.9. The quantitative estimate of drug-likeness (QED) is 0.803. The molecule has 1 aliphatic heterocycles. The van der Waals surface area contributed by atoms with Crippen LogP contribution in [0, 0.1) is 6.92 Å². The number of hydrogen-bond acceptors (Lipinski definition) is 5. The SMILES string of the molecule is Cc1nccn1CC(=O)NC1CCc2ccc(S(=O)(=O)N3CCOCC3)cc21. The molecule has 150 valence electrons. The number of aryl methyl sites for hydroxylation is 2. The van der Waals surface area contributed by atoms with Crippen molar-refractivity contribution in [3.63, 3.8) is 0 Å². The van der Waals surface area contributed by atoms with Gasteiger partial charge in [-0.25, -0.2) is 13.4 Å². The molecule has 8 nitrogen and oxygen atoms in total. The van der Waals surface area contributed by atoms with E-state index in [9.17, 15) is 13.2 Å². The monoisotopic (exact) mass is 404 g/mol. The van der Waals surface area contributed by atoms with Gasteiger partial charge in [-0.1, -0.05) is 6.07 Å². The average Bonchev–Trinajstić information content (AvgIpc) is 3.28. The van der Waals surface area contributed by atoms with Crippen molar-refractivity contribution in [2.24, 2.45) is 0 Å². The normalized spacial score (nSPS) is 20.1. The summed E-state index contributed by atoms with van der Waals surface area (Å²) in [6.45, 7) is 3.60. The van der Waals surface area contributed by atoms with E-state index in [-0.39, 0.29) is 23.4 Å². The van der Waals surface area contributed by atoms with Gasteiger partial charge in [-0.05, 0) is 43.0 Å². The molecule has 0 bridgehead atoms. The molecule has 0 spiro atoms. The number of imidazole rings is 1. The summed E-state index contributed by atoms with van der Waals surface area (Å²) in [5, 5.41) is 3.04. The van der Waals surface area contributed by atoms with Gasteiger partial charge >= 0.3 is 0 Å². The van der Waals surface area contributed by atoms with Gasteiger partial charge in [0.15, 0.2) is 0 Å². The van der Waals surface area contributed by atoms with Crippen LogP contribution in [-0.4, -0.2) is 54.5 Å². The Labute approximate surface area is 164 Å². The lowest BCUT2D eigenvalue weighted by Gasteiger charge is -2.26. The number of nitrogens with one attached hydrogen (secondary N) is 1. The number of carbonyl (C=O) groups is 1. The smallest absolute Gasteiger partial charge is 0.243 e. The highest BCUT2D eigenvalue weighted by Crippen LogP contribution is 2.33. The fourth-order valence-electron chi connectivity index (χ4n) is 3.79. The molecule has 2 heterocycles. The molecule has 28 heavy (non-hydrogen) atoms.